The Kier molecular flexibility index (Phi) is 6.99. The lowest BCUT2D eigenvalue weighted by molar-refractivity contribution is 0.338. The molecule has 0 bridgehead atoms. The molecule has 1 N–H and O–H groups in total. The molecule has 20 heavy (non-hydrogen) atoms. The molecule has 0 aliphatic heterocycles. The van der Waals surface area contributed by atoms with E-state index < -0.39 is 9.84 Å². The number of nitrogens with one attached hydrogen (secondary N) is 1. The van der Waals surface area contributed by atoms with Crippen LogP contribution in [-0.2, 0) is 16.4 Å². The van der Waals surface area contributed by atoms with Crippen LogP contribution in [0.5, 0.6) is 5.75 Å². The Balaban J connectivity index is 2.56. The monoisotopic (exact) mass is 363 g/mol. The largest absolute Gasteiger partial charge is 0.491 e. The molecule has 0 heterocycles. The Bertz CT molecular complexity index is 529. The molecule has 4 nitrogen and oxygen atoms in total. The van der Waals surface area contributed by atoms with Gasteiger partial charge in [0.25, 0.3) is 0 Å². The van der Waals surface area contributed by atoms with Gasteiger partial charge in [-0.2, -0.15) is 0 Å². The molecule has 0 amide bonds. The molecule has 0 aliphatic rings. The number of sulfone groups is 1. The van der Waals surface area contributed by atoms with Gasteiger partial charge in [0.05, 0.1) is 10.2 Å². The molecule has 0 fully saturated rings. The third kappa shape index (κ3) is 6.24. The summed E-state index contributed by atoms with van der Waals surface area (Å²) in [4.78, 5) is 0. The first-order valence-corrected chi connectivity index (χ1v) is 9.30. The van der Waals surface area contributed by atoms with Crippen LogP contribution < -0.4 is 10.1 Å². The fourth-order valence-corrected chi connectivity index (χ4v) is 2.68. The SMILES string of the molecule is CCS(=O)(=O)CCOc1ccc(CNC(C)C)cc1Br. The van der Waals surface area contributed by atoms with Crippen molar-refractivity contribution in [2.24, 2.45) is 0 Å². The number of halogens is 1. The van der Waals surface area contributed by atoms with Gasteiger partial charge in [0.15, 0.2) is 9.84 Å². The molecule has 0 saturated carbocycles. The summed E-state index contributed by atoms with van der Waals surface area (Å²) < 4.78 is 29.1. The fourth-order valence-electron chi connectivity index (χ4n) is 1.52. The van der Waals surface area contributed by atoms with Gasteiger partial charge in [-0.05, 0) is 33.6 Å². The highest BCUT2D eigenvalue weighted by Gasteiger charge is 2.09. The predicted molar refractivity (Wildman–Crippen MR) is 85.9 cm³/mol. The van der Waals surface area contributed by atoms with Gasteiger partial charge < -0.3 is 10.1 Å². The molecule has 0 saturated heterocycles. The minimum atomic E-state index is -2.98. The summed E-state index contributed by atoms with van der Waals surface area (Å²) in [5, 5.41) is 3.34. The molecule has 6 heteroatoms. The normalized spacial score (nSPS) is 11.8. The van der Waals surface area contributed by atoms with Crippen molar-refractivity contribution in [2.45, 2.75) is 33.4 Å². The van der Waals surface area contributed by atoms with Crippen LogP contribution >= 0.6 is 15.9 Å². The molecule has 0 aromatic heterocycles. The Morgan fingerprint density at radius 2 is 2.05 bits per heavy atom. The van der Waals surface area contributed by atoms with E-state index in [2.05, 4.69) is 35.1 Å². The van der Waals surface area contributed by atoms with Gasteiger partial charge in [0.2, 0.25) is 0 Å². The van der Waals surface area contributed by atoms with Crippen LogP contribution in [0.25, 0.3) is 0 Å². The summed E-state index contributed by atoms with van der Waals surface area (Å²) in [6, 6.07) is 6.26. The van der Waals surface area contributed by atoms with E-state index in [0.29, 0.717) is 11.8 Å². The molecule has 0 atom stereocenters. The standard InChI is InChI=1S/C14H22BrNO3S/c1-4-20(17,18)8-7-19-14-6-5-12(9-13(14)15)10-16-11(2)3/h5-6,9,11,16H,4,7-8,10H2,1-3H3. The van der Waals surface area contributed by atoms with Crippen molar-refractivity contribution in [2.75, 3.05) is 18.1 Å². The van der Waals surface area contributed by atoms with Gasteiger partial charge in [-0.15, -0.1) is 0 Å². The van der Waals surface area contributed by atoms with E-state index >= 15 is 0 Å². The van der Waals surface area contributed by atoms with Crippen molar-refractivity contribution in [3.8, 4) is 5.75 Å². The minimum absolute atomic E-state index is 0.0482. The van der Waals surface area contributed by atoms with Crippen molar-refractivity contribution in [1.82, 2.24) is 5.32 Å². The minimum Gasteiger partial charge on any atom is -0.491 e. The van der Waals surface area contributed by atoms with Gasteiger partial charge in [-0.25, -0.2) is 8.42 Å². The van der Waals surface area contributed by atoms with Crippen LogP contribution in [0.2, 0.25) is 0 Å². The summed E-state index contributed by atoms with van der Waals surface area (Å²) in [6.07, 6.45) is 0. The van der Waals surface area contributed by atoms with Gasteiger partial charge in [-0.1, -0.05) is 26.8 Å². The fraction of sp³-hybridized carbons (Fsp3) is 0.571. The molecular formula is C14H22BrNO3S. The van der Waals surface area contributed by atoms with E-state index in [0.717, 1.165) is 16.6 Å². The van der Waals surface area contributed by atoms with E-state index in [-0.39, 0.29) is 18.1 Å². The van der Waals surface area contributed by atoms with Crippen molar-refractivity contribution < 1.29 is 13.2 Å². The van der Waals surface area contributed by atoms with E-state index in [4.69, 9.17) is 4.74 Å². The van der Waals surface area contributed by atoms with Crippen molar-refractivity contribution in [1.29, 1.82) is 0 Å². The molecule has 0 aliphatic carbocycles. The Labute approximate surface area is 130 Å². The Hall–Kier alpha value is -0.590. The topological polar surface area (TPSA) is 55.4 Å². The number of hydrogen-bond acceptors (Lipinski definition) is 4. The zero-order chi connectivity index (χ0) is 15.2. The molecule has 1 rings (SSSR count). The quantitative estimate of drug-likeness (QED) is 0.771. The van der Waals surface area contributed by atoms with Crippen LogP contribution in [0.1, 0.15) is 26.3 Å². The molecule has 1 aromatic carbocycles. The van der Waals surface area contributed by atoms with E-state index in [1.54, 1.807) is 6.92 Å². The van der Waals surface area contributed by atoms with Crippen LogP contribution in [0.4, 0.5) is 0 Å². The third-order valence-electron chi connectivity index (χ3n) is 2.80. The van der Waals surface area contributed by atoms with Crippen molar-refractivity contribution in [3.63, 3.8) is 0 Å². The molecule has 0 unspecified atom stereocenters. The maximum atomic E-state index is 11.4. The number of rotatable bonds is 8. The summed E-state index contributed by atoms with van der Waals surface area (Å²) in [5.41, 5.74) is 1.15. The lowest BCUT2D eigenvalue weighted by Gasteiger charge is -2.11. The molecule has 0 spiro atoms. The van der Waals surface area contributed by atoms with Crippen LogP contribution in [-0.4, -0.2) is 32.6 Å². The average Bonchev–Trinajstić information content (AvgIpc) is 2.38. The van der Waals surface area contributed by atoms with Crippen molar-refractivity contribution >= 4 is 25.8 Å². The van der Waals surface area contributed by atoms with E-state index in [1.807, 2.05) is 18.2 Å². The highest BCUT2D eigenvalue weighted by molar-refractivity contribution is 9.10. The predicted octanol–water partition coefficient (Wildman–Crippen LogP) is 2.76. The smallest absolute Gasteiger partial charge is 0.153 e. The van der Waals surface area contributed by atoms with Crippen LogP contribution in [0.15, 0.2) is 22.7 Å². The number of hydrogen-bond donors (Lipinski definition) is 1. The Morgan fingerprint density at radius 3 is 2.60 bits per heavy atom. The number of benzene rings is 1. The first-order chi connectivity index (χ1) is 9.34. The van der Waals surface area contributed by atoms with Crippen molar-refractivity contribution in [3.05, 3.63) is 28.2 Å². The maximum absolute atomic E-state index is 11.4. The second-order valence-corrected chi connectivity index (χ2v) is 8.21. The first kappa shape index (κ1) is 17.5. The van der Waals surface area contributed by atoms with Crippen LogP contribution in [0, 0.1) is 0 Å². The lowest BCUT2D eigenvalue weighted by atomic mass is 10.2. The van der Waals surface area contributed by atoms with Crippen LogP contribution in [0.3, 0.4) is 0 Å². The molecule has 114 valence electrons. The second-order valence-electron chi connectivity index (χ2n) is 4.89. The lowest BCUT2D eigenvalue weighted by Crippen LogP contribution is -2.21. The summed E-state index contributed by atoms with van der Waals surface area (Å²) in [5.74, 6) is 0.869. The molecule has 0 radical (unpaired) electrons. The van der Waals surface area contributed by atoms with Gasteiger partial charge in [0.1, 0.15) is 12.4 Å². The van der Waals surface area contributed by atoms with Gasteiger partial charge in [0, 0.05) is 18.3 Å². The zero-order valence-corrected chi connectivity index (χ0v) is 14.6. The molecular weight excluding hydrogens is 342 g/mol. The average molecular weight is 364 g/mol. The highest BCUT2D eigenvalue weighted by atomic mass is 79.9. The zero-order valence-electron chi connectivity index (χ0n) is 12.1. The summed E-state index contributed by atoms with van der Waals surface area (Å²) >= 11 is 3.45. The number of ether oxygens (including phenoxy) is 1. The second kappa shape index (κ2) is 8.00. The summed E-state index contributed by atoms with van der Waals surface area (Å²) in [6.45, 7) is 6.81. The van der Waals surface area contributed by atoms with E-state index in [1.165, 1.54) is 0 Å². The molecule has 1 aromatic rings. The Morgan fingerprint density at radius 1 is 1.35 bits per heavy atom. The maximum Gasteiger partial charge on any atom is 0.153 e. The highest BCUT2D eigenvalue weighted by Crippen LogP contribution is 2.26. The van der Waals surface area contributed by atoms with Gasteiger partial charge >= 0.3 is 0 Å². The van der Waals surface area contributed by atoms with Gasteiger partial charge in [-0.3, -0.25) is 0 Å². The summed E-state index contributed by atoms with van der Waals surface area (Å²) in [7, 11) is -2.98. The third-order valence-corrected chi connectivity index (χ3v) is 5.09. The first-order valence-electron chi connectivity index (χ1n) is 6.69. The van der Waals surface area contributed by atoms with E-state index in [9.17, 15) is 8.42 Å².